The van der Waals surface area contributed by atoms with Gasteiger partial charge in [0.15, 0.2) is 0 Å². The number of aryl methyl sites for hydroxylation is 3. The van der Waals surface area contributed by atoms with E-state index in [1.807, 2.05) is 0 Å². The molecule has 6 aliphatic carbocycles. The number of amides is 1. The molecule has 0 unspecified atom stereocenters. The number of carboxylic acids is 1. The van der Waals surface area contributed by atoms with Crippen molar-refractivity contribution in [1.29, 1.82) is 0 Å². The van der Waals surface area contributed by atoms with Crippen molar-refractivity contribution in [3.05, 3.63) is 62.6 Å². The Balaban J connectivity index is 0.000000108. The lowest BCUT2D eigenvalue weighted by Crippen LogP contribution is -2.12. The van der Waals surface area contributed by atoms with E-state index < -0.39 is 5.97 Å². The number of hydrogen-bond donors (Lipinski definition) is 2. The quantitative estimate of drug-likeness (QED) is 0.269. The zero-order chi connectivity index (χ0) is 32.9. The van der Waals surface area contributed by atoms with Gasteiger partial charge in [0.1, 0.15) is 4.88 Å². The standard InChI is InChI=1S/C12H13ClOS.C12H15NOS.C12H14O2S/c3*1-5-8-6(10(15-5)11(13)14)4-7-9(8)12(7,2)3/h7,9H,4H2,1-3H3;7,9H,4H2,1-3H3,(H2,13,14);7,9H,4H2,1-3H3,(H,13,14)/t3*7-,9-/m111/s1. The number of thiophene rings is 3. The van der Waals surface area contributed by atoms with Gasteiger partial charge in [-0.2, -0.15) is 0 Å². The van der Waals surface area contributed by atoms with Gasteiger partial charge in [0.25, 0.3) is 11.1 Å². The van der Waals surface area contributed by atoms with Crippen LogP contribution in [0.2, 0.25) is 0 Å². The van der Waals surface area contributed by atoms with Gasteiger partial charge in [0.05, 0.1) is 9.75 Å². The van der Waals surface area contributed by atoms with Crippen molar-refractivity contribution in [1.82, 2.24) is 0 Å². The fraction of sp³-hybridized carbons (Fsp3) is 0.583. The molecule has 3 aromatic heterocycles. The van der Waals surface area contributed by atoms with Crippen LogP contribution < -0.4 is 5.73 Å². The summed E-state index contributed by atoms with van der Waals surface area (Å²) in [6, 6.07) is 0. The average molecular weight is 684 g/mol. The molecule has 45 heavy (non-hydrogen) atoms. The fourth-order valence-corrected chi connectivity index (χ4v) is 13.4. The largest absolute Gasteiger partial charge is 0.477 e. The number of halogens is 1. The summed E-state index contributed by atoms with van der Waals surface area (Å²) in [4.78, 5) is 39.7. The molecule has 6 atom stereocenters. The second-order valence-corrected chi connectivity index (χ2v) is 19.9. The van der Waals surface area contributed by atoms with Gasteiger partial charge < -0.3 is 10.8 Å². The topological polar surface area (TPSA) is 97.5 Å². The summed E-state index contributed by atoms with van der Waals surface area (Å²) in [6.45, 7) is 20.2. The lowest BCUT2D eigenvalue weighted by Gasteiger charge is -2.08. The molecule has 0 spiro atoms. The van der Waals surface area contributed by atoms with Crippen molar-refractivity contribution in [2.75, 3.05) is 0 Å². The van der Waals surface area contributed by atoms with E-state index in [4.69, 9.17) is 22.4 Å². The highest BCUT2D eigenvalue weighted by Gasteiger charge is 2.65. The Labute approximate surface area is 282 Å². The SMILES string of the molecule is Cc1sc(C(=O)Cl)c2c1[C@H]1[C@@H](C2)C1(C)C.Cc1sc(C(=O)O)c2c1[C@H]1[C@@H](C2)C1(C)C.Cc1sc(C(N)=O)c2c1[C@H]1[C@@H](C2)C1(C)C. The van der Waals surface area contributed by atoms with E-state index in [1.54, 1.807) is 22.7 Å². The summed E-state index contributed by atoms with van der Waals surface area (Å²) in [5.41, 5.74) is 14.6. The third-order valence-electron chi connectivity index (χ3n) is 12.7. The van der Waals surface area contributed by atoms with Crippen LogP contribution in [-0.4, -0.2) is 22.2 Å². The smallest absolute Gasteiger partial charge is 0.346 e. The minimum atomic E-state index is -0.747. The second kappa shape index (κ2) is 9.77. The van der Waals surface area contributed by atoms with Crippen LogP contribution in [0.3, 0.4) is 0 Å². The molecule has 9 heteroatoms. The molecule has 3 aromatic rings. The zero-order valence-corrected chi connectivity index (χ0v) is 30.6. The highest BCUT2D eigenvalue weighted by atomic mass is 35.5. The summed E-state index contributed by atoms with van der Waals surface area (Å²) in [5.74, 6) is 3.24. The van der Waals surface area contributed by atoms with Crippen molar-refractivity contribution in [3.63, 3.8) is 0 Å². The van der Waals surface area contributed by atoms with E-state index in [1.165, 1.54) is 53.8 Å². The first-order valence-corrected chi connectivity index (χ1v) is 18.7. The van der Waals surface area contributed by atoms with Crippen molar-refractivity contribution in [2.45, 2.75) is 99.3 Å². The lowest BCUT2D eigenvalue weighted by molar-refractivity contribution is 0.0700. The number of carbonyl (C=O) groups is 3. The molecule has 0 saturated heterocycles. The summed E-state index contributed by atoms with van der Waals surface area (Å²) in [7, 11) is 0. The molecule has 3 fully saturated rings. The molecular formula is C36H42ClNO4S3. The predicted octanol–water partition coefficient (Wildman–Crippen LogP) is 9.23. The Bertz CT molecular complexity index is 1630. The Hall–Kier alpha value is -2.00. The highest BCUT2D eigenvalue weighted by Crippen LogP contribution is 2.73. The van der Waals surface area contributed by atoms with Crippen LogP contribution in [0.15, 0.2) is 0 Å². The number of primary amides is 1. The maximum absolute atomic E-state index is 11.3. The summed E-state index contributed by atoms with van der Waals surface area (Å²) >= 11 is 10.2. The van der Waals surface area contributed by atoms with Gasteiger partial charge in [-0.3, -0.25) is 9.59 Å². The molecule has 9 rings (SSSR count). The molecule has 0 bridgehead atoms. The summed E-state index contributed by atoms with van der Waals surface area (Å²) in [6.07, 6.45) is 3.11. The lowest BCUT2D eigenvalue weighted by atomic mass is 9.95. The molecule has 1 amide bonds. The van der Waals surface area contributed by atoms with Gasteiger partial charge in [0.2, 0.25) is 0 Å². The Morgan fingerprint density at radius 1 is 0.644 bits per heavy atom. The van der Waals surface area contributed by atoms with Crippen LogP contribution in [-0.2, 0) is 19.3 Å². The molecular weight excluding hydrogens is 642 g/mol. The third-order valence-corrected chi connectivity index (χ3v) is 16.4. The van der Waals surface area contributed by atoms with E-state index in [0.29, 0.717) is 44.8 Å². The number of carbonyl (C=O) groups excluding carboxylic acids is 2. The minimum Gasteiger partial charge on any atom is -0.477 e. The van der Waals surface area contributed by atoms with E-state index >= 15 is 0 Å². The van der Waals surface area contributed by atoms with Crippen LogP contribution in [0.1, 0.15) is 136 Å². The van der Waals surface area contributed by atoms with Gasteiger partial charge in [-0.05, 0) is 137 Å². The van der Waals surface area contributed by atoms with Crippen molar-refractivity contribution in [3.8, 4) is 0 Å². The number of aromatic carboxylic acids is 1. The van der Waals surface area contributed by atoms with Crippen molar-refractivity contribution < 1.29 is 19.5 Å². The normalized spacial score (nSPS) is 29.8. The number of fused-ring (bicyclic) bond motifs is 9. The van der Waals surface area contributed by atoms with E-state index in [2.05, 4.69) is 62.3 Å². The zero-order valence-electron chi connectivity index (χ0n) is 27.4. The Morgan fingerprint density at radius 3 is 1.29 bits per heavy atom. The van der Waals surface area contributed by atoms with Crippen LogP contribution in [0.5, 0.6) is 0 Å². The number of hydrogen-bond acceptors (Lipinski definition) is 6. The van der Waals surface area contributed by atoms with Crippen LogP contribution >= 0.6 is 45.6 Å². The average Bonchev–Trinajstić information content (AvgIpc) is 3.48. The van der Waals surface area contributed by atoms with Crippen LogP contribution in [0.25, 0.3) is 0 Å². The highest BCUT2D eigenvalue weighted by molar-refractivity contribution is 7.16. The maximum Gasteiger partial charge on any atom is 0.346 e. The Kier molecular flexibility index (Phi) is 6.86. The van der Waals surface area contributed by atoms with Gasteiger partial charge in [-0.1, -0.05) is 41.5 Å². The molecule has 3 N–H and O–H groups in total. The minimum absolute atomic E-state index is 0.247. The monoisotopic (exact) mass is 683 g/mol. The fourth-order valence-electron chi connectivity index (χ4n) is 9.93. The molecule has 5 nitrogen and oxygen atoms in total. The summed E-state index contributed by atoms with van der Waals surface area (Å²) < 4.78 is 0. The molecule has 0 radical (unpaired) electrons. The van der Waals surface area contributed by atoms with E-state index in [-0.39, 0.29) is 11.1 Å². The van der Waals surface area contributed by atoms with Gasteiger partial charge >= 0.3 is 5.97 Å². The molecule has 0 aliphatic heterocycles. The molecule has 3 saturated carbocycles. The number of nitrogens with two attached hydrogens (primary N) is 1. The molecule has 240 valence electrons. The maximum atomic E-state index is 11.3. The molecule has 6 aliphatic rings. The van der Waals surface area contributed by atoms with Crippen LogP contribution in [0.4, 0.5) is 0 Å². The Morgan fingerprint density at radius 2 is 0.956 bits per heavy atom. The van der Waals surface area contributed by atoms with E-state index in [9.17, 15) is 14.4 Å². The van der Waals surface area contributed by atoms with Crippen molar-refractivity contribution >= 4 is 62.7 Å². The van der Waals surface area contributed by atoms with E-state index in [0.717, 1.165) is 46.4 Å². The first-order valence-electron chi connectivity index (χ1n) is 15.9. The number of carboxylic acid groups (broad SMARTS) is 1. The van der Waals surface area contributed by atoms with Crippen LogP contribution in [0, 0.1) is 54.8 Å². The molecule has 3 heterocycles. The van der Waals surface area contributed by atoms with Gasteiger partial charge in [0, 0.05) is 14.6 Å². The predicted molar refractivity (Wildman–Crippen MR) is 184 cm³/mol. The summed E-state index contributed by atoms with van der Waals surface area (Å²) in [5, 5.41) is 8.83. The second-order valence-electron chi connectivity index (χ2n) is 15.9. The van der Waals surface area contributed by atoms with Gasteiger partial charge in [-0.15, -0.1) is 34.0 Å². The number of rotatable bonds is 3. The molecule has 0 aromatic carbocycles. The first kappa shape index (κ1) is 31.6. The van der Waals surface area contributed by atoms with Crippen molar-refractivity contribution in [2.24, 2.45) is 39.7 Å². The first-order chi connectivity index (χ1) is 20.8. The van der Waals surface area contributed by atoms with Gasteiger partial charge in [-0.25, -0.2) is 4.79 Å². The third kappa shape index (κ3) is 4.37.